The van der Waals surface area contributed by atoms with Crippen molar-refractivity contribution >= 4 is 11.8 Å². The predicted octanol–water partition coefficient (Wildman–Crippen LogP) is 0.945. The second-order valence-corrected chi connectivity index (χ2v) is 5.51. The van der Waals surface area contributed by atoms with Crippen LogP contribution in [0.25, 0.3) is 0 Å². The van der Waals surface area contributed by atoms with Crippen LogP contribution in [0.1, 0.15) is 40.0 Å². The molecule has 1 N–H and O–H groups in total. The number of hydrogen-bond acceptors (Lipinski definition) is 4. The van der Waals surface area contributed by atoms with Crippen molar-refractivity contribution in [3.8, 4) is 0 Å². The van der Waals surface area contributed by atoms with E-state index in [0.717, 1.165) is 6.42 Å². The van der Waals surface area contributed by atoms with Crippen LogP contribution in [0.15, 0.2) is 0 Å². The summed E-state index contributed by atoms with van der Waals surface area (Å²) in [5.41, 5.74) is -0.779. The van der Waals surface area contributed by atoms with Crippen molar-refractivity contribution in [2.75, 3.05) is 33.5 Å². The topological polar surface area (TPSA) is 67.9 Å². The maximum Gasteiger partial charge on any atom is 0.246 e. The molecule has 0 radical (unpaired) electrons. The number of hydrogen-bond donors (Lipinski definition) is 1. The van der Waals surface area contributed by atoms with E-state index in [4.69, 9.17) is 9.47 Å². The van der Waals surface area contributed by atoms with E-state index in [2.05, 4.69) is 5.32 Å². The number of nitrogens with one attached hydrogen (secondary N) is 1. The molecule has 0 saturated carbocycles. The Kier molecular flexibility index (Phi) is 7.11. The van der Waals surface area contributed by atoms with E-state index in [1.54, 1.807) is 12.0 Å². The van der Waals surface area contributed by atoms with Crippen molar-refractivity contribution in [1.29, 1.82) is 0 Å². The zero-order valence-electron chi connectivity index (χ0n) is 13.6. The average Bonchev–Trinajstić information content (AvgIpc) is 2.49. The van der Waals surface area contributed by atoms with Gasteiger partial charge in [0, 0.05) is 26.9 Å². The molecule has 1 rings (SSSR count). The molecule has 0 aromatic rings. The smallest absolute Gasteiger partial charge is 0.246 e. The lowest BCUT2D eigenvalue weighted by atomic mass is 9.90. The quantitative estimate of drug-likeness (QED) is 0.644. The summed E-state index contributed by atoms with van der Waals surface area (Å²) in [5, 5.41) is 2.82. The van der Waals surface area contributed by atoms with Crippen LogP contribution in [0.4, 0.5) is 0 Å². The summed E-state index contributed by atoms with van der Waals surface area (Å²) in [6, 6.07) is -0.411. The molecule has 0 bridgehead atoms. The third kappa shape index (κ3) is 4.17. The summed E-state index contributed by atoms with van der Waals surface area (Å²) in [6.07, 6.45) is 2.02. The molecule has 0 aliphatic carbocycles. The third-order valence-electron chi connectivity index (χ3n) is 4.15. The number of piperazine rings is 1. The van der Waals surface area contributed by atoms with Crippen LogP contribution in [0.3, 0.4) is 0 Å². The number of carbonyl (C=O) groups is 2. The first kappa shape index (κ1) is 17.9. The highest BCUT2D eigenvalue weighted by Crippen LogP contribution is 2.25. The maximum absolute atomic E-state index is 12.5. The highest BCUT2D eigenvalue weighted by atomic mass is 16.5. The van der Waals surface area contributed by atoms with Crippen molar-refractivity contribution < 1.29 is 19.1 Å². The fourth-order valence-electron chi connectivity index (χ4n) is 2.48. The summed E-state index contributed by atoms with van der Waals surface area (Å²) >= 11 is 0. The van der Waals surface area contributed by atoms with Crippen LogP contribution >= 0.6 is 0 Å². The summed E-state index contributed by atoms with van der Waals surface area (Å²) in [7, 11) is 1.66. The molecule has 1 saturated heterocycles. The Bertz CT molecular complexity index is 362. The molecule has 0 spiro atoms. The molecule has 1 heterocycles. The molecule has 2 amide bonds. The molecule has 1 aliphatic rings. The first-order valence-corrected chi connectivity index (χ1v) is 7.70. The molecule has 122 valence electrons. The Balaban J connectivity index is 2.60. The molecule has 0 aromatic heterocycles. The molecule has 0 aromatic carbocycles. The van der Waals surface area contributed by atoms with E-state index in [9.17, 15) is 9.59 Å². The van der Waals surface area contributed by atoms with Crippen molar-refractivity contribution in [2.24, 2.45) is 0 Å². The minimum Gasteiger partial charge on any atom is -0.385 e. The number of amides is 2. The third-order valence-corrected chi connectivity index (χ3v) is 4.15. The molecular weight excluding hydrogens is 272 g/mol. The molecular formula is C15H28N2O4. The van der Waals surface area contributed by atoms with E-state index in [1.807, 2.05) is 20.8 Å². The molecule has 6 heteroatoms. The summed E-state index contributed by atoms with van der Waals surface area (Å²) in [4.78, 5) is 26.4. The number of carbonyl (C=O) groups excluding carboxylic acids is 2. The fraction of sp³-hybridized carbons (Fsp3) is 0.867. The Morgan fingerprint density at radius 1 is 1.24 bits per heavy atom. The zero-order valence-corrected chi connectivity index (χ0v) is 13.6. The van der Waals surface area contributed by atoms with Gasteiger partial charge < -0.3 is 19.7 Å². The standard InChI is InChI=1S/C15H28N2O4/c1-5-12-13(18)17(8-11-21-10-7-9-20-4)15(3,6-2)14(19)16-12/h12H,5-11H2,1-4H3,(H,16,19). The van der Waals surface area contributed by atoms with Crippen LogP contribution in [0.2, 0.25) is 0 Å². The number of ether oxygens (including phenoxy) is 2. The molecule has 1 fully saturated rings. The lowest BCUT2D eigenvalue weighted by Crippen LogP contribution is -2.69. The Morgan fingerprint density at radius 3 is 2.52 bits per heavy atom. The van der Waals surface area contributed by atoms with E-state index < -0.39 is 11.6 Å². The Labute approximate surface area is 127 Å². The number of nitrogens with zero attached hydrogens (tertiary/aromatic N) is 1. The van der Waals surface area contributed by atoms with Gasteiger partial charge in [-0.1, -0.05) is 13.8 Å². The molecule has 1 aliphatic heterocycles. The van der Waals surface area contributed by atoms with Gasteiger partial charge in [0.25, 0.3) is 0 Å². The summed E-state index contributed by atoms with van der Waals surface area (Å²) in [5.74, 6) is -0.0854. The van der Waals surface area contributed by atoms with Gasteiger partial charge in [0.1, 0.15) is 11.6 Å². The lowest BCUT2D eigenvalue weighted by Gasteiger charge is -2.45. The van der Waals surface area contributed by atoms with Gasteiger partial charge >= 0.3 is 0 Å². The van der Waals surface area contributed by atoms with E-state index in [-0.39, 0.29) is 11.8 Å². The largest absolute Gasteiger partial charge is 0.385 e. The van der Waals surface area contributed by atoms with Gasteiger partial charge in [0.2, 0.25) is 11.8 Å². The Morgan fingerprint density at radius 2 is 1.95 bits per heavy atom. The normalized spacial score (nSPS) is 26.1. The van der Waals surface area contributed by atoms with Gasteiger partial charge in [-0.05, 0) is 26.2 Å². The summed E-state index contributed by atoms with van der Waals surface area (Å²) in [6.45, 7) is 7.78. The van der Waals surface area contributed by atoms with Crippen molar-refractivity contribution in [2.45, 2.75) is 51.6 Å². The van der Waals surface area contributed by atoms with Crippen LogP contribution in [-0.2, 0) is 19.1 Å². The van der Waals surface area contributed by atoms with E-state index >= 15 is 0 Å². The van der Waals surface area contributed by atoms with Gasteiger partial charge in [0.15, 0.2) is 0 Å². The van der Waals surface area contributed by atoms with Crippen molar-refractivity contribution in [1.82, 2.24) is 10.2 Å². The van der Waals surface area contributed by atoms with Crippen LogP contribution in [0.5, 0.6) is 0 Å². The van der Waals surface area contributed by atoms with Crippen molar-refractivity contribution in [3.05, 3.63) is 0 Å². The second kappa shape index (κ2) is 8.34. The highest BCUT2D eigenvalue weighted by Gasteiger charge is 2.47. The van der Waals surface area contributed by atoms with Crippen LogP contribution in [-0.4, -0.2) is 61.8 Å². The minimum atomic E-state index is -0.779. The highest BCUT2D eigenvalue weighted by molar-refractivity contribution is 5.99. The van der Waals surface area contributed by atoms with Gasteiger partial charge in [-0.25, -0.2) is 0 Å². The monoisotopic (exact) mass is 300 g/mol. The number of rotatable bonds is 9. The fourth-order valence-corrected chi connectivity index (χ4v) is 2.48. The van der Waals surface area contributed by atoms with Crippen LogP contribution < -0.4 is 5.32 Å². The Hall–Kier alpha value is -1.14. The molecule has 21 heavy (non-hydrogen) atoms. The van der Waals surface area contributed by atoms with Gasteiger partial charge in [0.05, 0.1) is 6.61 Å². The molecule has 2 unspecified atom stereocenters. The first-order valence-electron chi connectivity index (χ1n) is 7.70. The minimum absolute atomic E-state index is 0.0121. The van der Waals surface area contributed by atoms with E-state index in [0.29, 0.717) is 39.2 Å². The molecule has 6 nitrogen and oxygen atoms in total. The zero-order chi connectivity index (χ0) is 15.9. The van der Waals surface area contributed by atoms with Crippen molar-refractivity contribution in [3.63, 3.8) is 0 Å². The predicted molar refractivity (Wildman–Crippen MR) is 79.9 cm³/mol. The SMILES string of the molecule is CCC1NC(=O)C(C)(CC)N(CCOCCCOC)C1=O. The van der Waals surface area contributed by atoms with Gasteiger partial charge in [-0.2, -0.15) is 0 Å². The number of methoxy groups -OCH3 is 1. The van der Waals surface area contributed by atoms with Crippen LogP contribution in [0, 0.1) is 0 Å². The first-order chi connectivity index (χ1) is 10.0. The average molecular weight is 300 g/mol. The van der Waals surface area contributed by atoms with Gasteiger partial charge in [-0.3, -0.25) is 9.59 Å². The van der Waals surface area contributed by atoms with Gasteiger partial charge in [-0.15, -0.1) is 0 Å². The maximum atomic E-state index is 12.5. The summed E-state index contributed by atoms with van der Waals surface area (Å²) < 4.78 is 10.5. The lowest BCUT2D eigenvalue weighted by molar-refractivity contribution is -0.157. The second-order valence-electron chi connectivity index (χ2n) is 5.51. The van der Waals surface area contributed by atoms with E-state index in [1.165, 1.54) is 0 Å². The molecule has 2 atom stereocenters.